The van der Waals surface area contributed by atoms with Gasteiger partial charge in [0.25, 0.3) is 5.56 Å². The largest absolute Gasteiger partial charge is 0.508 e. The van der Waals surface area contributed by atoms with E-state index in [1.165, 1.54) is 15.9 Å². The maximum absolute atomic E-state index is 15.6. The fraction of sp³-hybridized carbons (Fsp3) is 0.545. The van der Waals surface area contributed by atoms with Gasteiger partial charge in [0.15, 0.2) is 6.17 Å². The van der Waals surface area contributed by atoms with Crippen molar-refractivity contribution in [1.29, 1.82) is 0 Å². The van der Waals surface area contributed by atoms with Crippen LogP contribution in [0.4, 0.5) is 4.39 Å². The van der Waals surface area contributed by atoms with Crippen molar-refractivity contribution in [2.45, 2.75) is 69.2 Å². The van der Waals surface area contributed by atoms with Gasteiger partial charge in [-0.15, -0.1) is 11.3 Å². The molecule has 5 rings (SSSR count). The summed E-state index contributed by atoms with van der Waals surface area (Å²) in [5.41, 5.74) is 5.99. The van der Waals surface area contributed by atoms with Gasteiger partial charge in [0.05, 0.1) is 17.4 Å². The van der Waals surface area contributed by atoms with Crippen molar-refractivity contribution >= 4 is 22.7 Å². The molecule has 4 unspecified atom stereocenters. The van der Waals surface area contributed by atoms with Crippen molar-refractivity contribution in [3.63, 3.8) is 0 Å². The Morgan fingerprint density at radius 2 is 2.10 bits per heavy atom. The van der Waals surface area contributed by atoms with Crippen molar-refractivity contribution in [3.05, 3.63) is 52.8 Å². The molecule has 2 aromatic rings. The number of aryl methyl sites for hydroxylation is 1. The second-order valence-corrected chi connectivity index (χ2v) is 10.0. The monoisotopic (exact) mass is 447 g/mol. The third-order valence-corrected chi connectivity index (χ3v) is 8.19. The predicted octanol–water partition coefficient (Wildman–Crippen LogP) is 0.645. The molecule has 0 aliphatic heterocycles. The zero-order chi connectivity index (χ0) is 22.0. The predicted molar refractivity (Wildman–Crippen MR) is 117 cm³/mol. The zero-order valence-electron chi connectivity index (χ0n) is 17.2. The molecule has 3 aliphatic rings. The lowest BCUT2D eigenvalue weighted by Gasteiger charge is -2.26. The summed E-state index contributed by atoms with van der Waals surface area (Å²) in [6, 6.07) is 1.88. The van der Waals surface area contributed by atoms with Gasteiger partial charge in [0.2, 0.25) is 0 Å². The lowest BCUT2D eigenvalue weighted by molar-refractivity contribution is 0.142. The summed E-state index contributed by atoms with van der Waals surface area (Å²) in [7, 11) is 0. The van der Waals surface area contributed by atoms with Crippen molar-refractivity contribution in [1.82, 2.24) is 9.55 Å². The number of alkyl halides is 1. The molecule has 0 amide bonds. The summed E-state index contributed by atoms with van der Waals surface area (Å²) >= 11 is 1.49. The summed E-state index contributed by atoms with van der Waals surface area (Å²) in [5, 5.41) is 21.3. The van der Waals surface area contributed by atoms with E-state index in [-0.39, 0.29) is 23.7 Å². The molecule has 2 aromatic heterocycles. The van der Waals surface area contributed by atoms with Gasteiger partial charge in [-0.2, -0.15) is 0 Å². The number of nitrogens with two attached hydrogens (primary N) is 1. The summed E-state index contributed by atoms with van der Waals surface area (Å²) < 4.78 is 17.1. The summed E-state index contributed by atoms with van der Waals surface area (Å²) in [4.78, 5) is 29.1. The Morgan fingerprint density at radius 3 is 2.77 bits per heavy atom. The van der Waals surface area contributed by atoms with Crippen LogP contribution in [0.1, 0.15) is 65.8 Å². The van der Waals surface area contributed by atoms with Crippen LogP contribution in [0.25, 0.3) is 11.3 Å². The Labute approximate surface area is 181 Å². The third-order valence-electron chi connectivity index (χ3n) is 6.90. The highest BCUT2D eigenvalue weighted by Gasteiger charge is 2.39. The first-order valence-electron chi connectivity index (χ1n) is 10.8. The van der Waals surface area contributed by atoms with E-state index in [2.05, 4.69) is 4.98 Å². The molecule has 0 radical (unpaired) electrons. The minimum Gasteiger partial charge on any atom is -0.508 e. The molecule has 1 fully saturated rings. The molecule has 0 saturated heterocycles. The van der Waals surface area contributed by atoms with Gasteiger partial charge in [-0.1, -0.05) is 0 Å². The number of aromatic amines is 1. The van der Waals surface area contributed by atoms with E-state index in [0.29, 0.717) is 10.9 Å². The highest BCUT2D eigenvalue weighted by molar-refractivity contribution is 7.12. The van der Waals surface area contributed by atoms with E-state index in [4.69, 9.17) is 5.73 Å². The molecular weight excluding hydrogens is 421 g/mol. The molecule has 166 valence electrons. The van der Waals surface area contributed by atoms with Crippen LogP contribution in [0.3, 0.4) is 0 Å². The number of thiophene rings is 1. The molecule has 5 N–H and O–H groups in total. The Bertz CT molecular complexity index is 1290. The minimum absolute atomic E-state index is 0.0433. The molecule has 0 bridgehead atoms. The average molecular weight is 448 g/mol. The highest BCUT2D eigenvalue weighted by atomic mass is 32.1. The molecule has 7 nitrogen and oxygen atoms in total. The van der Waals surface area contributed by atoms with Crippen LogP contribution in [0.15, 0.2) is 15.7 Å². The number of nitrogens with zero attached hydrogens (tertiary/aromatic N) is 1. The van der Waals surface area contributed by atoms with Gasteiger partial charge >= 0.3 is 5.69 Å². The molecule has 3 aliphatic carbocycles. The highest BCUT2D eigenvalue weighted by Crippen LogP contribution is 2.45. The normalized spacial score (nSPS) is 26.5. The van der Waals surface area contributed by atoms with E-state index in [1.807, 2.05) is 6.07 Å². The maximum atomic E-state index is 15.6. The minimum atomic E-state index is -1.78. The summed E-state index contributed by atoms with van der Waals surface area (Å²) in [6.07, 6.45) is 1.79. The van der Waals surface area contributed by atoms with Crippen molar-refractivity contribution < 1.29 is 14.6 Å². The maximum Gasteiger partial charge on any atom is 0.329 e. The molecular formula is C22H26FN3O4S. The third kappa shape index (κ3) is 3.13. The molecule has 1 saturated carbocycles. The van der Waals surface area contributed by atoms with Gasteiger partial charge < -0.3 is 15.9 Å². The molecule has 0 aromatic carbocycles. The number of aliphatic hydroxyl groups excluding tert-OH is 2. The Kier molecular flexibility index (Phi) is 4.95. The number of halogens is 1. The number of fused-ring (bicyclic) bond motifs is 2. The second kappa shape index (κ2) is 7.43. The van der Waals surface area contributed by atoms with Gasteiger partial charge in [-0.05, 0) is 56.2 Å². The Balaban J connectivity index is 1.73. The molecule has 4 atom stereocenters. The number of nitrogens with one attached hydrogen (secondary N) is 1. The zero-order valence-corrected chi connectivity index (χ0v) is 18.0. The summed E-state index contributed by atoms with van der Waals surface area (Å²) in [6.45, 7) is 1.90. The van der Waals surface area contributed by atoms with E-state index in [9.17, 15) is 19.8 Å². The fourth-order valence-corrected chi connectivity index (χ4v) is 6.67. The number of rotatable bonds is 4. The number of hydrogen-bond donors (Lipinski definition) is 4. The van der Waals surface area contributed by atoms with Crippen molar-refractivity contribution in [2.24, 2.45) is 5.73 Å². The van der Waals surface area contributed by atoms with Crippen LogP contribution in [0, 0.1) is 0 Å². The molecule has 0 spiro atoms. The van der Waals surface area contributed by atoms with Crippen molar-refractivity contribution in [2.75, 3.05) is 6.54 Å². The topological polar surface area (TPSA) is 121 Å². The number of aromatic nitrogens is 2. The first-order valence-corrected chi connectivity index (χ1v) is 11.6. The van der Waals surface area contributed by atoms with Crippen molar-refractivity contribution in [3.8, 4) is 0 Å². The first kappa shape index (κ1) is 20.7. The SMILES string of the molecule is CC1=c2c(c(=O)[nH]c(=O)n2C2CC2)=C(O)C(F)C1c1cc2c(s1)CCCC2C(O)CN. The lowest BCUT2D eigenvalue weighted by atomic mass is 9.82. The van der Waals surface area contributed by atoms with Gasteiger partial charge in [-0.25, -0.2) is 9.18 Å². The lowest BCUT2D eigenvalue weighted by Crippen LogP contribution is -2.58. The van der Waals surface area contributed by atoms with Crippen LogP contribution in [-0.4, -0.2) is 38.6 Å². The van der Waals surface area contributed by atoms with Gasteiger partial charge in [-0.3, -0.25) is 14.3 Å². The standard InChI is InChI=1S/C22H26FN3O4S/c1-9-16(15-7-12-11(13(27)8-24)3-2-4-14(12)31-15)18(23)20(28)17-19(9)26(10-5-6-10)22(30)25-21(17)29/h7,10-11,13,16,18,27-28H,2-6,8,24H2,1H3,(H,25,29,30). The molecule has 2 heterocycles. The van der Waals surface area contributed by atoms with Crippen LogP contribution >= 0.6 is 11.3 Å². The quantitative estimate of drug-likeness (QED) is 0.548. The number of H-pyrrole nitrogens is 1. The van der Waals surface area contributed by atoms with E-state index < -0.39 is 35.2 Å². The fourth-order valence-electron chi connectivity index (χ4n) is 5.20. The first-order chi connectivity index (χ1) is 14.8. The van der Waals surface area contributed by atoms with E-state index in [0.717, 1.165) is 47.4 Å². The number of aliphatic hydroxyl groups is 2. The van der Waals surface area contributed by atoms with Gasteiger partial charge in [0.1, 0.15) is 11.0 Å². The van der Waals surface area contributed by atoms with Gasteiger partial charge in [0, 0.05) is 28.3 Å². The number of hydrogen-bond acceptors (Lipinski definition) is 6. The Morgan fingerprint density at radius 1 is 1.35 bits per heavy atom. The molecule has 31 heavy (non-hydrogen) atoms. The van der Waals surface area contributed by atoms with E-state index >= 15 is 4.39 Å². The van der Waals surface area contributed by atoms with Crippen LogP contribution in [-0.2, 0) is 6.42 Å². The smallest absolute Gasteiger partial charge is 0.329 e. The van der Waals surface area contributed by atoms with Crippen LogP contribution in [0.2, 0.25) is 0 Å². The summed E-state index contributed by atoms with van der Waals surface area (Å²) in [5.74, 6) is -1.49. The van der Waals surface area contributed by atoms with E-state index in [1.54, 1.807) is 6.92 Å². The van der Waals surface area contributed by atoms with Crippen LogP contribution < -0.4 is 27.6 Å². The van der Waals surface area contributed by atoms with Crippen LogP contribution in [0.5, 0.6) is 0 Å². The Hall–Kier alpha value is -2.23. The second-order valence-electron chi connectivity index (χ2n) is 8.86. The molecule has 9 heteroatoms. The average Bonchev–Trinajstić information content (AvgIpc) is 3.48.